The van der Waals surface area contributed by atoms with E-state index >= 15 is 0 Å². The van der Waals surface area contributed by atoms with Gasteiger partial charge in [0.1, 0.15) is 18.4 Å². The summed E-state index contributed by atoms with van der Waals surface area (Å²) in [6.07, 6.45) is -0.121. The van der Waals surface area contributed by atoms with E-state index < -0.39 is 33.1 Å². The van der Waals surface area contributed by atoms with Gasteiger partial charge in [-0.05, 0) is 17.7 Å². The number of amides is 2. The van der Waals surface area contributed by atoms with Gasteiger partial charge in [-0.1, -0.05) is 0 Å². The number of hydrogen-bond donors (Lipinski definition) is 2. The Labute approximate surface area is 193 Å². The fourth-order valence-electron chi connectivity index (χ4n) is 2.76. The first-order valence-corrected chi connectivity index (χ1v) is 12.3. The number of ether oxygens (including phenoxy) is 1. The van der Waals surface area contributed by atoms with Crippen molar-refractivity contribution < 1.29 is 31.9 Å². The van der Waals surface area contributed by atoms with Gasteiger partial charge in [-0.15, -0.1) is 11.3 Å². The summed E-state index contributed by atoms with van der Waals surface area (Å²) < 4.78 is 32.1. The highest BCUT2D eigenvalue weighted by Crippen LogP contribution is 2.26. The van der Waals surface area contributed by atoms with Crippen LogP contribution in [0.15, 0.2) is 29.6 Å². The molecule has 13 nitrogen and oxygen atoms in total. The molecule has 1 saturated heterocycles. The van der Waals surface area contributed by atoms with Crippen molar-refractivity contribution >= 4 is 44.3 Å². The third-order valence-corrected chi connectivity index (χ3v) is 5.87. The minimum Gasteiger partial charge on any atom is -0.445 e. The third kappa shape index (κ3) is 7.37. The molecule has 0 aliphatic carbocycles. The van der Waals surface area contributed by atoms with E-state index in [2.05, 4.69) is 15.6 Å². The second-order valence-corrected chi connectivity index (χ2v) is 9.46. The highest BCUT2D eigenvalue weighted by Gasteiger charge is 2.32. The molecule has 2 heterocycles. The number of benzene rings is 1. The van der Waals surface area contributed by atoms with Crippen LogP contribution in [0, 0.1) is 10.1 Å². The number of nitrogens with zero attached hydrogens (tertiary/aromatic N) is 3. The molecular weight excluding hydrogens is 478 g/mol. The van der Waals surface area contributed by atoms with Crippen LogP contribution in [-0.2, 0) is 25.6 Å². The molecule has 1 aliphatic heterocycles. The lowest BCUT2D eigenvalue weighted by Gasteiger charge is -2.37. The molecule has 33 heavy (non-hydrogen) atoms. The molecule has 0 radical (unpaired) electrons. The van der Waals surface area contributed by atoms with Crippen LogP contribution in [-0.4, -0.2) is 68.9 Å². The van der Waals surface area contributed by atoms with Crippen LogP contribution < -0.4 is 15.5 Å². The van der Waals surface area contributed by atoms with Crippen molar-refractivity contribution in [3.05, 3.63) is 51.0 Å². The average Bonchev–Trinajstić information content (AvgIpc) is 3.21. The molecule has 3 rings (SSSR count). The van der Waals surface area contributed by atoms with Gasteiger partial charge in [-0.2, -0.15) is 8.42 Å². The predicted molar refractivity (Wildman–Crippen MR) is 118 cm³/mol. The van der Waals surface area contributed by atoms with E-state index in [1.807, 2.05) is 0 Å². The summed E-state index contributed by atoms with van der Waals surface area (Å²) in [7, 11) is -3.51. The number of non-ortho nitro benzene ring substituents is 1. The van der Waals surface area contributed by atoms with E-state index in [0.717, 1.165) is 6.26 Å². The summed E-state index contributed by atoms with van der Waals surface area (Å²) in [5.74, 6) is -0.414. The number of aromatic nitrogens is 1. The maximum absolute atomic E-state index is 12.2. The Morgan fingerprint density at radius 2 is 1.91 bits per heavy atom. The van der Waals surface area contributed by atoms with Gasteiger partial charge >= 0.3 is 6.09 Å². The molecule has 0 atom stereocenters. The topological polar surface area (TPSA) is 170 Å². The molecule has 2 amide bonds. The van der Waals surface area contributed by atoms with Crippen molar-refractivity contribution in [1.29, 1.82) is 0 Å². The van der Waals surface area contributed by atoms with Gasteiger partial charge in [-0.3, -0.25) is 19.1 Å². The molecule has 1 aromatic heterocycles. The van der Waals surface area contributed by atoms with E-state index in [1.54, 1.807) is 10.3 Å². The number of nitro groups is 1. The smallest absolute Gasteiger partial charge is 0.407 e. The normalized spacial score (nSPS) is 13.8. The standard InChI is InChI=1S/C18H21N5O8S2/c1-33(28,29)31-14-8-22(9-14)17-21-15(11-32-17)16(24)19-6-7-20-18(25)30-10-12-2-4-13(5-3-12)23(26)27/h2-5,11,14H,6-10H2,1H3,(H,19,24)(H,20,25). The number of alkyl carbamates (subject to hydrolysis) is 1. The summed E-state index contributed by atoms with van der Waals surface area (Å²) >= 11 is 1.25. The van der Waals surface area contributed by atoms with Crippen LogP contribution in [0.2, 0.25) is 0 Å². The Bertz CT molecular complexity index is 1110. The molecule has 178 valence electrons. The fourth-order valence-corrected chi connectivity index (χ4v) is 4.20. The fraction of sp³-hybridized carbons (Fsp3) is 0.389. The molecule has 2 N–H and O–H groups in total. The van der Waals surface area contributed by atoms with Crippen LogP contribution in [0.3, 0.4) is 0 Å². The number of thiazole rings is 1. The Hall–Kier alpha value is -3.30. The van der Waals surface area contributed by atoms with Crippen LogP contribution in [0.25, 0.3) is 0 Å². The van der Waals surface area contributed by atoms with Crippen LogP contribution in [0.1, 0.15) is 16.1 Å². The molecule has 15 heteroatoms. The summed E-state index contributed by atoms with van der Waals surface area (Å²) in [6.45, 7) is 0.955. The Balaban J connectivity index is 1.32. The van der Waals surface area contributed by atoms with Crippen molar-refractivity contribution in [3.8, 4) is 0 Å². The minimum atomic E-state index is -3.51. The maximum atomic E-state index is 12.2. The Kier molecular flexibility index (Phi) is 7.78. The first-order valence-electron chi connectivity index (χ1n) is 9.61. The highest BCUT2D eigenvalue weighted by molar-refractivity contribution is 7.86. The lowest BCUT2D eigenvalue weighted by atomic mass is 10.2. The zero-order chi connectivity index (χ0) is 24.0. The van der Waals surface area contributed by atoms with Crippen molar-refractivity contribution in [2.75, 3.05) is 37.3 Å². The van der Waals surface area contributed by atoms with E-state index in [0.29, 0.717) is 23.8 Å². The van der Waals surface area contributed by atoms with Crippen LogP contribution in [0.4, 0.5) is 15.6 Å². The van der Waals surface area contributed by atoms with Crippen molar-refractivity contribution in [2.45, 2.75) is 12.7 Å². The predicted octanol–water partition coefficient (Wildman–Crippen LogP) is 0.872. The Morgan fingerprint density at radius 1 is 1.24 bits per heavy atom. The molecule has 1 fully saturated rings. The van der Waals surface area contributed by atoms with Gasteiger partial charge in [-0.25, -0.2) is 9.78 Å². The van der Waals surface area contributed by atoms with Gasteiger partial charge in [0.15, 0.2) is 5.13 Å². The first kappa shape index (κ1) is 24.3. The zero-order valence-corrected chi connectivity index (χ0v) is 19.1. The van der Waals surface area contributed by atoms with Crippen LogP contribution in [0.5, 0.6) is 0 Å². The van der Waals surface area contributed by atoms with Crippen LogP contribution >= 0.6 is 11.3 Å². The number of nitrogens with one attached hydrogen (secondary N) is 2. The molecule has 2 aromatic rings. The lowest BCUT2D eigenvalue weighted by Crippen LogP contribution is -2.53. The number of hydrogen-bond acceptors (Lipinski definition) is 11. The molecule has 0 saturated carbocycles. The van der Waals surface area contributed by atoms with Gasteiger partial charge < -0.3 is 20.3 Å². The highest BCUT2D eigenvalue weighted by atomic mass is 32.2. The molecular formula is C18H21N5O8S2. The maximum Gasteiger partial charge on any atom is 0.407 e. The first-order chi connectivity index (χ1) is 15.6. The zero-order valence-electron chi connectivity index (χ0n) is 17.4. The molecule has 1 aromatic carbocycles. The molecule has 0 spiro atoms. The second-order valence-electron chi connectivity index (χ2n) is 7.03. The Morgan fingerprint density at radius 3 is 2.55 bits per heavy atom. The van der Waals surface area contributed by atoms with E-state index in [9.17, 15) is 28.1 Å². The van der Waals surface area contributed by atoms with E-state index in [1.165, 1.54) is 35.6 Å². The lowest BCUT2D eigenvalue weighted by molar-refractivity contribution is -0.384. The summed E-state index contributed by atoms with van der Waals surface area (Å²) in [6, 6.07) is 5.62. The monoisotopic (exact) mass is 499 g/mol. The van der Waals surface area contributed by atoms with Gasteiger partial charge in [0.25, 0.3) is 21.7 Å². The van der Waals surface area contributed by atoms with Crippen molar-refractivity contribution in [2.24, 2.45) is 0 Å². The van der Waals surface area contributed by atoms with Gasteiger partial charge in [0.05, 0.1) is 11.2 Å². The van der Waals surface area contributed by atoms with Gasteiger partial charge in [0.2, 0.25) is 0 Å². The van der Waals surface area contributed by atoms with Crippen molar-refractivity contribution in [1.82, 2.24) is 15.6 Å². The number of carbonyl (C=O) groups excluding carboxylic acids is 2. The third-order valence-electron chi connectivity index (χ3n) is 4.35. The summed E-state index contributed by atoms with van der Waals surface area (Å²) in [5.41, 5.74) is 0.754. The number of nitro benzene ring substituents is 1. The van der Waals surface area contributed by atoms with E-state index in [4.69, 9.17) is 8.92 Å². The SMILES string of the molecule is CS(=O)(=O)OC1CN(c2nc(C(=O)NCCNC(=O)OCc3ccc([N+](=O)[O-])cc3)cs2)C1. The number of anilines is 1. The van der Waals surface area contributed by atoms with Crippen molar-refractivity contribution in [3.63, 3.8) is 0 Å². The summed E-state index contributed by atoms with van der Waals surface area (Å²) in [5, 5.41) is 17.9. The minimum absolute atomic E-state index is 0.0512. The largest absolute Gasteiger partial charge is 0.445 e. The molecule has 1 aliphatic rings. The quantitative estimate of drug-likeness (QED) is 0.207. The summed E-state index contributed by atoms with van der Waals surface area (Å²) in [4.78, 5) is 40.0. The number of rotatable bonds is 10. The second kappa shape index (κ2) is 10.5. The average molecular weight is 500 g/mol. The molecule has 0 bridgehead atoms. The molecule has 0 unspecified atom stereocenters. The number of carbonyl (C=O) groups is 2. The van der Waals surface area contributed by atoms with E-state index in [-0.39, 0.29) is 31.1 Å². The van der Waals surface area contributed by atoms with Gasteiger partial charge in [0, 0.05) is 43.7 Å².